The van der Waals surface area contributed by atoms with Crippen LogP contribution in [0.1, 0.15) is 5.56 Å². The summed E-state index contributed by atoms with van der Waals surface area (Å²) >= 11 is 6.01. The first-order valence-corrected chi connectivity index (χ1v) is 8.72. The van der Waals surface area contributed by atoms with Gasteiger partial charge in [0.1, 0.15) is 0 Å². The van der Waals surface area contributed by atoms with Gasteiger partial charge in [-0.25, -0.2) is 9.37 Å². The molecule has 0 aliphatic rings. The largest absolute Gasteiger partial charge is 0.363 e. The van der Waals surface area contributed by atoms with Crippen molar-refractivity contribution in [2.24, 2.45) is 7.05 Å². The Labute approximate surface area is 159 Å². The molecular formula is C20H16ClFN4O. The smallest absolute Gasteiger partial charge is 0.253 e. The van der Waals surface area contributed by atoms with Gasteiger partial charge in [-0.3, -0.25) is 4.79 Å². The number of aromatic amines is 1. The van der Waals surface area contributed by atoms with Crippen molar-refractivity contribution in [2.45, 2.75) is 6.54 Å². The van der Waals surface area contributed by atoms with Gasteiger partial charge in [0.25, 0.3) is 5.56 Å². The molecule has 27 heavy (non-hydrogen) atoms. The van der Waals surface area contributed by atoms with E-state index in [0.717, 1.165) is 11.1 Å². The molecule has 0 radical (unpaired) electrons. The second-order valence-corrected chi connectivity index (χ2v) is 6.67. The van der Waals surface area contributed by atoms with Gasteiger partial charge in [-0.2, -0.15) is 0 Å². The van der Waals surface area contributed by atoms with Crippen LogP contribution in [0.3, 0.4) is 0 Å². The van der Waals surface area contributed by atoms with Crippen LogP contribution >= 0.6 is 11.6 Å². The van der Waals surface area contributed by atoms with E-state index in [4.69, 9.17) is 11.6 Å². The number of anilines is 1. The Bertz CT molecular complexity index is 1200. The van der Waals surface area contributed by atoms with Crippen LogP contribution in [0.25, 0.3) is 22.2 Å². The summed E-state index contributed by atoms with van der Waals surface area (Å²) in [4.78, 5) is 19.2. The summed E-state index contributed by atoms with van der Waals surface area (Å²) in [5, 5.41) is 4.31. The van der Waals surface area contributed by atoms with E-state index in [1.807, 2.05) is 29.9 Å². The highest BCUT2D eigenvalue weighted by Gasteiger charge is 2.13. The monoisotopic (exact) mass is 382 g/mol. The number of fused-ring (bicyclic) bond motifs is 1. The minimum absolute atomic E-state index is 0.0966. The molecule has 0 atom stereocenters. The summed E-state index contributed by atoms with van der Waals surface area (Å²) in [5.41, 5.74) is 2.12. The van der Waals surface area contributed by atoms with Crippen molar-refractivity contribution >= 4 is 28.3 Å². The zero-order valence-electron chi connectivity index (χ0n) is 14.5. The molecule has 7 heteroatoms. The Kier molecular flexibility index (Phi) is 4.41. The van der Waals surface area contributed by atoms with Gasteiger partial charge >= 0.3 is 0 Å². The van der Waals surface area contributed by atoms with Crippen LogP contribution in [0.15, 0.2) is 59.7 Å². The van der Waals surface area contributed by atoms with Gasteiger partial charge in [-0.1, -0.05) is 11.6 Å². The maximum absolute atomic E-state index is 14.9. The fraction of sp³-hybridized carbons (Fsp3) is 0.100. The van der Waals surface area contributed by atoms with E-state index in [0.29, 0.717) is 21.7 Å². The predicted octanol–water partition coefficient (Wildman–Crippen LogP) is 4.33. The van der Waals surface area contributed by atoms with Crippen molar-refractivity contribution < 1.29 is 4.39 Å². The first kappa shape index (κ1) is 17.3. The molecule has 0 fully saturated rings. The third-order valence-corrected chi connectivity index (χ3v) is 4.67. The molecule has 0 spiro atoms. The predicted molar refractivity (Wildman–Crippen MR) is 106 cm³/mol. The number of benzene rings is 1. The molecule has 136 valence electrons. The molecular weight excluding hydrogens is 367 g/mol. The summed E-state index contributed by atoms with van der Waals surface area (Å²) < 4.78 is 16.7. The molecule has 4 aromatic rings. The fourth-order valence-electron chi connectivity index (χ4n) is 3.04. The van der Waals surface area contributed by atoms with Crippen LogP contribution in [-0.2, 0) is 13.6 Å². The van der Waals surface area contributed by atoms with Gasteiger partial charge in [0.15, 0.2) is 11.6 Å². The Morgan fingerprint density at radius 1 is 1.26 bits per heavy atom. The molecule has 2 N–H and O–H groups in total. The quantitative estimate of drug-likeness (QED) is 0.552. The van der Waals surface area contributed by atoms with Gasteiger partial charge in [0.05, 0.1) is 5.69 Å². The number of hydrogen-bond donors (Lipinski definition) is 2. The average molecular weight is 383 g/mol. The molecule has 0 unspecified atom stereocenters. The third-order valence-electron chi connectivity index (χ3n) is 4.44. The Morgan fingerprint density at radius 3 is 2.89 bits per heavy atom. The number of nitrogens with zero attached hydrogens (tertiary/aromatic N) is 2. The molecule has 0 aliphatic heterocycles. The van der Waals surface area contributed by atoms with Crippen LogP contribution in [0.2, 0.25) is 5.02 Å². The second-order valence-electron chi connectivity index (χ2n) is 6.23. The number of aryl methyl sites for hydroxylation is 1. The van der Waals surface area contributed by atoms with E-state index in [9.17, 15) is 9.18 Å². The maximum Gasteiger partial charge on any atom is 0.253 e. The van der Waals surface area contributed by atoms with E-state index >= 15 is 0 Å². The first-order valence-electron chi connectivity index (χ1n) is 8.34. The molecule has 0 saturated heterocycles. The molecule has 0 saturated carbocycles. The van der Waals surface area contributed by atoms with Crippen molar-refractivity contribution in [1.82, 2.24) is 14.5 Å². The second kappa shape index (κ2) is 6.89. The standard InChI is InChI=1S/C20H16ClFN4O/c1-26-8-2-3-17(26)15-6-7-23-19(18(15)22)24-11-13-9-12-10-14(21)4-5-16(12)25-20(13)27/h2-10H,11H2,1H3,(H,23,24)(H,25,27). The Hall–Kier alpha value is -3.12. The summed E-state index contributed by atoms with van der Waals surface area (Å²) in [5.74, 6) is -0.362. The van der Waals surface area contributed by atoms with E-state index in [2.05, 4.69) is 15.3 Å². The van der Waals surface area contributed by atoms with Crippen molar-refractivity contribution in [3.05, 3.63) is 81.6 Å². The number of pyridine rings is 2. The van der Waals surface area contributed by atoms with Crippen LogP contribution in [0.4, 0.5) is 10.2 Å². The van der Waals surface area contributed by atoms with Crippen molar-refractivity contribution in [3.63, 3.8) is 0 Å². The average Bonchev–Trinajstić information content (AvgIpc) is 3.07. The highest BCUT2D eigenvalue weighted by molar-refractivity contribution is 6.31. The molecule has 5 nitrogen and oxygen atoms in total. The molecule has 0 bridgehead atoms. The van der Waals surface area contributed by atoms with Crippen LogP contribution < -0.4 is 10.9 Å². The fourth-order valence-corrected chi connectivity index (χ4v) is 3.22. The van der Waals surface area contributed by atoms with E-state index in [1.165, 1.54) is 6.20 Å². The van der Waals surface area contributed by atoms with Crippen LogP contribution in [-0.4, -0.2) is 14.5 Å². The Morgan fingerprint density at radius 2 is 2.11 bits per heavy atom. The van der Waals surface area contributed by atoms with Crippen LogP contribution in [0.5, 0.6) is 0 Å². The lowest BCUT2D eigenvalue weighted by molar-refractivity contribution is 0.626. The number of H-pyrrole nitrogens is 1. The SMILES string of the molecule is Cn1cccc1-c1ccnc(NCc2cc3cc(Cl)ccc3[nH]c2=O)c1F. The van der Waals surface area contributed by atoms with E-state index in [-0.39, 0.29) is 17.9 Å². The molecule has 3 heterocycles. The number of rotatable bonds is 4. The third kappa shape index (κ3) is 3.31. The number of halogens is 2. The number of aromatic nitrogens is 3. The molecule has 1 aromatic carbocycles. The maximum atomic E-state index is 14.9. The van der Waals surface area contributed by atoms with E-state index in [1.54, 1.807) is 30.3 Å². The van der Waals surface area contributed by atoms with Crippen molar-refractivity contribution in [2.75, 3.05) is 5.32 Å². The van der Waals surface area contributed by atoms with Gasteiger partial charge in [-0.15, -0.1) is 0 Å². The summed E-state index contributed by atoms with van der Waals surface area (Å²) in [6.07, 6.45) is 3.39. The molecule has 4 rings (SSSR count). The highest BCUT2D eigenvalue weighted by Crippen LogP contribution is 2.26. The van der Waals surface area contributed by atoms with Gasteiger partial charge < -0.3 is 14.9 Å². The van der Waals surface area contributed by atoms with Crippen molar-refractivity contribution in [3.8, 4) is 11.3 Å². The van der Waals surface area contributed by atoms with Crippen molar-refractivity contribution in [1.29, 1.82) is 0 Å². The minimum atomic E-state index is -0.459. The van der Waals surface area contributed by atoms with E-state index < -0.39 is 5.82 Å². The zero-order chi connectivity index (χ0) is 19.0. The van der Waals surface area contributed by atoms with Crippen LogP contribution in [0, 0.1) is 5.82 Å². The molecule has 3 aromatic heterocycles. The van der Waals surface area contributed by atoms with Gasteiger partial charge in [0, 0.05) is 53.0 Å². The number of hydrogen-bond acceptors (Lipinski definition) is 3. The lowest BCUT2D eigenvalue weighted by Gasteiger charge is -2.11. The first-order chi connectivity index (χ1) is 13.0. The topological polar surface area (TPSA) is 62.7 Å². The summed E-state index contributed by atoms with van der Waals surface area (Å²) in [7, 11) is 1.85. The van der Waals surface area contributed by atoms with Gasteiger partial charge in [0.2, 0.25) is 0 Å². The number of nitrogens with one attached hydrogen (secondary N) is 2. The molecule has 0 aliphatic carbocycles. The highest BCUT2D eigenvalue weighted by atomic mass is 35.5. The Balaban J connectivity index is 1.64. The minimum Gasteiger partial charge on any atom is -0.363 e. The normalized spacial score (nSPS) is 11.1. The lowest BCUT2D eigenvalue weighted by Crippen LogP contribution is -2.16. The zero-order valence-corrected chi connectivity index (χ0v) is 15.2. The molecule has 0 amide bonds. The summed E-state index contributed by atoms with van der Waals surface area (Å²) in [6, 6.07) is 12.3. The lowest BCUT2D eigenvalue weighted by atomic mass is 10.1. The summed E-state index contributed by atoms with van der Waals surface area (Å²) in [6.45, 7) is 0.137. The van der Waals surface area contributed by atoms with Gasteiger partial charge in [-0.05, 0) is 42.5 Å².